The molecule has 2 heterocycles. The fraction of sp³-hybridized carbons (Fsp3) is 0.500. The first-order valence-electron chi connectivity index (χ1n) is 10.7. The lowest BCUT2D eigenvalue weighted by molar-refractivity contribution is 0.219. The molecule has 1 aliphatic rings. The molecule has 3 aromatic rings. The summed E-state index contributed by atoms with van der Waals surface area (Å²) in [6.07, 6.45) is 4.38. The second kappa shape index (κ2) is 8.92. The molecule has 32 heavy (non-hydrogen) atoms. The SMILES string of the molecule is CN(C)[C@@H]1CCC[C@@H](Nc2nc3c(c(=O)n(Cc4ccc(Cl)c(Cl)c4)c(=O)n3C)n2C)C1. The predicted octanol–water partition coefficient (Wildman–Crippen LogP) is 3.07. The highest BCUT2D eigenvalue weighted by atomic mass is 35.5. The van der Waals surface area contributed by atoms with Gasteiger partial charge in [0.05, 0.1) is 16.6 Å². The van der Waals surface area contributed by atoms with E-state index in [0.717, 1.165) is 24.8 Å². The monoisotopic (exact) mass is 478 g/mol. The molecular formula is C22H28Cl2N6O2. The van der Waals surface area contributed by atoms with Gasteiger partial charge in [-0.15, -0.1) is 0 Å². The molecule has 1 saturated carbocycles. The highest BCUT2D eigenvalue weighted by Crippen LogP contribution is 2.25. The Morgan fingerprint density at radius 1 is 1.12 bits per heavy atom. The largest absolute Gasteiger partial charge is 0.353 e. The maximum Gasteiger partial charge on any atom is 0.332 e. The van der Waals surface area contributed by atoms with Gasteiger partial charge < -0.3 is 14.8 Å². The Hall–Kier alpha value is -2.29. The number of aryl methyl sites for hydroxylation is 2. The van der Waals surface area contributed by atoms with Crippen LogP contribution in [0.25, 0.3) is 11.2 Å². The summed E-state index contributed by atoms with van der Waals surface area (Å²) in [6, 6.07) is 5.86. The van der Waals surface area contributed by atoms with E-state index in [9.17, 15) is 9.59 Å². The van der Waals surface area contributed by atoms with Crippen molar-refractivity contribution in [1.82, 2.24) is 23.6 Å². The number of anilines is 1. The number of imidazole rings is 1. The molecule has 0 saturated heterocycles. The van der Waals surface area contributed by atoms with Gasteiger partial charge in [-0.25, -0.2) is 4.79 Å². The second-order valence-electron chi connectivity index (χ2n) is 8.77. The zero-order valence-electron chi connectivity index (χ0n) is 18.7. The molecule has 1 aliphatic carbocycles. The number of nitrogens with one attached hydrogen (secondary N) is 1. The number of aromatic nitrogens is 4. The van der Waals surface area contributed by atoms with E-state index >= 15 is 0 Å². The zero-order valence-corrected chi connectivity index (χ0v) is 20.2. The molecule has 0 amide bonds. The van der Waals surface area contributed by atoms with Crippen LogP contribution >= 0.6 is 23.2 Å². The molecule has 8 nitrogen and oxygen atoms in total. The van der Waals surface area contributed by atoms with E-state index in [1.54, 1.807) is 36.9 Å². The fourth-order valence-electron chi connectivity index (χ4n) is 4.48. The molecule has 1 fully saturated rings. The Labute approximate surface area is 196 Å². The third-order valence-electron chi connectivity index (χ3n) is 6.39. The second-order valence-corrected chi connectivity index (χ2v) is 9.59. The van der Waals surface area contributed by atoms with Crippen LogP contribution in [0.4, 0.5) is 5.95 Å². The van der Waals surface area contributed by atoms with Gasteiger partial charge in [0.2, 0.25) is 5.95 Å². The molecule has 10 heteroatoms. The number of hydrogen-bond acceptors (Lipinski definition) is 5. The normalized spacial score (nSPS) is 19.1. The number of rotatable bonds is 5. The van der Waals surface area contributed by atoms with Crippen LogP contribution in [0.2, 0.25) is 10.0 Å². The lowest BCUT2D eigenvalue weighted by Gasteiger charge is -2.33. The number of benzene rings is 1. The van der Waals surface area contributed by atoms with Crippen molar-refractivity contribution >= 4 is 40.3 Å². The van der Waals surface area contributed by atoms with E-state index < -0.39 is 5.69 Å². The van der Waals surface area contributed by atoms with Crippen LogP contribution in [0.15, 0.2) is 27.8 Å². The third kappa shape index (κ3) is 4.19. The van der Waals surface area contributed by atoms with Crippen molar-refractivity contribution in [2.75, 3.05) is 19.4 Å². The standard InChI is InChI=1S/C22H28Cl2N6O2/c1-27(2)15-7-5-6-14(11-15)25-21-26-19-18(28(21)3)20(31)30(22(32)29(19)4)12-13-8-9-16(23)17(24)10-13/h8-10,14-15H,5-7,11-12H2,1-4H3,(H,25,26)/t14-,15-/m1/s1. The summed E-state index contributed by atoms with van der Waals surface area (Å²) in [6.45, 7) is 0.0966. The van der Waals surface area contributed by atoms with Gasteiger partial charge in [-0.3, -0.25) is 13.9 Å². The van der Waals surface area contributed by atoms with Crippen molar-refractivity contribution in [3.05, 3.63) is 54.6 Å². The smallest absolute Gasteiger partial charge is 0.332 e. The van der Waals surface area contributed by atoms with Crippen molar-refractivity contribution in [3.8, 4) is 0 Å². The molecule has 0 spiro atoms. The average Bonchev–Trinajstić information content (AvgIpc) is 3.08. The Bertz CT molecular complexity index is 1280. The first-order chi connectivity index (χ1) is 15.2. The number of hydrogen-bond donors (Lipinski definition) is 1. The highest BCUT2D eigenvalue weighted by molar-refractivity contribution is 6.42. The average molecular weight is 479 g/mol. The first-order valence-corrected chi connectivity index (χ1v) is 11.5. The summed E-state index contributed by atoms with van der Waals surface area (Å²) in [7, 11) is 7.65. The van der Waals surface area contributed by atoms with Crippen LogP contribution in [0.5, 0.6) is 0 Å². The summed E-state index contributed by atoms with van der Waals surface area (Å²) in [5.74, 6) is 0.601. The van der Waals surface area contributed by atoms with Crippen molar-refractivity contribution in [2.45, 2.75) is 44.3 Å². The Balaban J connectivity index is 1.72. The summed E-state index contributed by atoms with van der Waals surface area (Å²) in [5.41, 5.74) is 0.663. The molecule has 172 valence electrons. The number of fused-ring (bicyclic) bond motifs is 1. The molecule has 1 N–H and O–H groups in total. The van der Waals surface area contributed by atoms with Gasteiger partial charge in [0.1, 0.15) is 0 Å². The Morgan fingerprint density at radius 3 is 2.56 bits per heavy atom. The van der Waals surface area contributed by atoms with Crippen LogP contribution in [-0.2, 0) is 20.6 Å². The van der Waals surface area contributed by atoms with Gasteiger partial charge in [0.15, 0.2) is 11.2 Å². The molecule has 1 aromatic carbocycles. The van der Waals surface area contributed by atoms with Crippen LogP contribution in [0.3, 0.4) is 0 Å². The number of nitrogens with zero attached hydrogens (tertiary/aromatic N) is 5. The van der Waals surface area contributed by atoms with Crippen molar-refractivity contribution in [2.24, 2.45) is 14.1 Å². The number of halogens is 2. The van der Waals surface area contributed by atoms with Gasteiger partial charge in [0.25, 0.3) is 5.56 Å². The van der Waals surface area contributed by atoms with E-state index in [0.29, 0.717) is 33.2 Å². The molecular weight excluding hydrogens is 451 g/mol. The maximum atomic E-state index is 13.3. The van der Waals surface area contributed by atoms with E-state index in [1.807, 2.05) is 0 Å². The van der Waals surface area contributed by atoms with E-state index in [1.165, 1.54) is 15.6 Å². The maximum absolute atomic E-state index is 13.3. The van der Waals surface area contributed by atoms with E-state index in [2.05, 4.69) is 29.3 Å². The van der Waals surface area contributed by atoms with Gasteiger partial charge in [-0.2, -0.15) is 4.98 Å². The van der Waals surface area contributed by atoms with Crippen molar-refractivity contribution in [1.29, 1.82) is 0 Å². The summed E-state index contributed by atoms with van der Waals surface area (Å²) < 4.78 is 4.38. The van der Waals surface area contributed by atoms with Gasteiger partial charge in [0, 0.05) is 26.2 Å². The predicted molar refractivity (Wildman–Crippen MR) is 129 cm³/mol. The Morgan fingerprint density at radius 2 is 1.88 bits per heavy atom. The minimum atomic E-state index is -0.427. The zero-order chi connectivity index (χ0) is 23.2. The lowest BCUT2D eigenvalue weighted by Crippen LogP contribution is -2.39. The molecule has 2 aromatic heterocycles. The Kier molecular flexibility index (Phi) is 6.38. The minimum Gasteiger partial charge on any atom is -0.353 e. The first kappa shape index (κ1) is 22.9. The molecule has 4 rings (SSSR count). The minimum absolute atomic E-state index is 0.0966. The summed E-state index contributed by atoms with van der Waals surface area (Å²) in [4.78, 5) is 33.2. The van der Waals surface area contributed by atoms with Crippen LogP contribution in [-0.4, -0.2) is 49.8 Å². The topological polar surface area (TPSA) is 77.1 Å². The van der Waals surface area contributed by atoms with Crippen LogP contribution in [0.1, 0.15) is 31.2 Å². The van der Waals surface area contributed by atoms with Gasteiger partial charge >= 0.3 is 5.69 Å². The molecule has 0 radical (unpaired) electrons. The molecule has 2 atom stereocenters. The molecule has 0 unspecified atom stereocenters. The van der Waals surface area contributed by atoms with Gasteiger partial charge in [-0.05, 0) is 57.5 Å². The lowest BCUT2D eigenvalue weighted by atomic mass is 9.90. The van der Waals surface area contributed by atoms with Crippen LogP contribution in [0, 0.1) is 0 Å². The highest BCUT2D eigenvalue weighted by Gasteiger charge is 2.25. The molecule has 0 bridgehead atoms. The van der Waals surface area contributed by atoms with E-state index in [-0.39, 0.29) is 18.1 Å². The summed E-state index contributed by atoms with van der Waals surface area (Å²) in [5, 5.41) is 4.31. The fourth-order valence-corrected chi connectivity index (χ4v) is 4.80. The van der Waals surface area contributed by atoms with Crippen molar-refractivity contribution in [3.63, 3.8) is 0 Å². The molecule has 0 aliphatic heterocycles. The van der Waals surface area contributed by atoms with Gasteiger partial charge in [-0.1, -0.05) is 29.3 Å². The van der Waals surface area contributed by atoms with Crippen LogP contribution < -0.4 is 16.6 Å². The summed E-state index contributed by atoms with van der Waals surface area (Å²) >= 11 is 12.1. The third-order valence-corrected chi connectivity index (χ3v) is 7.13. The quantitative estimate of drug-likeness (QED) is 0.609. The van der Waals surface area contributed by atoms with E-state index in [4.69, 9.17) is 23.2 Å². The van der Waals surface area contributed by atoms with Crippen molar-refractivity contribution < 1.29 is 0 Å².